The number of nitrogens with one attached hydrogen (secondary N) is 2. The molecule has 0 unspecified atom stereocenters. The summed E-state index contributed by atoms with van der Waals surface area (Å²) in [6.07, 6.45) is 5.61. The Balaban J connectivity index is 1.79. The SMILES string of the molecule is [2H]C([2H])(CC)S(=O)(=O)Nc1ccc(F)c(C(=O)c2c[nH]c3ncc(-c4cccnc4)cc23)c1F. The fourth-order valence-electron chi connectivity index (χ4n) is 3.23. The number of carbonyl (C=O) groups is 1. The molecule has 2 N–H and O–H groups in total. The maximum Gasteiger partial charge on any atom is 0.232 e. The molecule has 0 spiro atoms. The van der Waals surface area contributed by atoms with Crippen LogP contribution in [0.1, 0.15) is 32.0 Å². The standard InChI is InChI=1S/C22H18F2N4O3S/c1-2-8-32(30,31)28-18-6-5-17(23)19(20(18)24)21(29)16-12-27-22-15(16)9-14(11-26-22)13-4-3-7-25-10-13/h3-7,9-12,28H,2,8H2,1H3,(H,26,27)/i8D2. The number of aromatic nitrogens is 3. The Labute approximate surface area is 185 Å². The van der Waals surface area contributed by atoms with Gasteiger partial charge in [-0.05, 0) is 30.7 Å². The van der Waals surface area contributed by atoms with Crippen LogP contribution in [0.4, 0.5) is 14.5 Å². The van der Waals surface area contributed by atoms with Crippen molar-refractivity contribution in [2.45, 2.75) is 13.3 Å². The van der Waals surface area contributed by atoms with Gasteiger partial charge in [-0.1, -0.05) is 13.0 Å². The molecule has 0 aliphatic rings. The van der Waals surface area contributed by atoms with Crippen molar-refractivity contribution in [3.63, 3.8) is 0 Å². The van der Waals surface area contributed by atoms with E-state index in [1.807, 2.05) is 0 Å². The number of halogens is 2. The van der Waals surface area contributed by atoms with Crippen LogP contribution in [0.3, 0.4) is 0 Å². The van der Waals surface area contributed by atoms with Crippen molar-refractivity contribution in [2.75, 3.05) is 10.4 Å². The van der Waals surface area contributed by atoms with E-state index >= 15 is 4.39 Å². The third-order valence-electron chi connectivity index (χ3n) is 4.67. The van der Waals surface area contributed by atoms with Crippen LogP contribution in [0, 0.1) is 11.6 Å². The number of hydrogen-bond acceptors (Lipinski definition) is 5. The lowest BCUT2D eigenvalue weighted by atomic mass is 10.00. The summed E-state index contributed by atoms with van der Waals surface area (Å²) < 4.78 is 71.4. The number of benzene rings is 1. The van der Waals surface area contributed by atoms with Gasteiger partial charge in [0, 0.05) is 49.6 Å². The molecule has 0 bridgehead atoms. The Morgan fingerprint density at radius 1 is 1.22 bits per heavy atom. The highest BCUT2D eigenvalue weighted by Gasteiger charge is 2.26. The second-order valence-electron chi connectivity index (χ2n) is 6.78. The van der Waals surface area contributed by atoms with E-state index in [-0.39, 0.29) is 5.56 Å². The molecule has 0 aliphatic heterocycles. The number of pyridine rings is 2. The Morgan fingerprint density at radius 2 is 2.03 bits per heavy atom. The van der Waals surface area contributed by atoms with Crippen molar-refractivity contribution in [3.05, 3.63) is 77.9 Å². The number of aromatic amines is 1. The van der Waals surface area contributed by atoms with Crippen LogP contribution in [0.25, 0.3) is 22.2 Å². The van der Waals surface area contributed by atoms with E-state index in [1.54, 1.807) is 41.5 Å². The molecule has 4 rings (SSSR count). The van der Waals surface area contributed by atoms with E-state index in [2.05, 4.69) is 15.0 Å². The molecule has 0 atom stereocenters. The number of fused-ring (bicyclic) bond motifs is 1. The van der Waals surface area contributed by atoms with Gasteiger partial charge in [0.05, 0.1) is 17.0 Å². The van der Waals surface area contributed by atoms with Crippen LogP contribution < -0.4 is 4.72 Å². The first-order valence-corrected chi connectivity index (χ1v) is 11.0. The molecule has 0 fully saturated rings. The summed E-state index contributed by atoms with van der Waals surface area (Å²) in [5.41, 5.74) is -2.85. The highest BCUT2D eigenvalue weighted by Crippen LogP contribution is 2.29. The Hall–Kier alpha value is -3.66. The van der Waals surface area contributed by atoms with Crippen LogP contribution in [0.2, 0.25) is 0 Å². The topological polar surface area (TPSA) is 105 Å². The van der Waals surface area contributed by atoms with Crippen molar-refractivity contribution in [1.82, 2.24) is 15.0 Å². The number of ketones is 1. The lowest BCUT2D eigenvalue weighted by Gasteiger charge is -2.11. The summed E-state index contributed by atoms with van der Waals surface area (Å²) in [6.45, 7) is 1.31. The lowest BCUT2D eigenvalue weighted by molar-refractivity contribution is 0.103. The molecule has 10 heteroatoms. The van der Waals surface area contributed by atoms with Gasteiger partial charge in [0.1, 0.15) is 11.5 Å². The van der Waals surface area contributed by atoms with Crippen LogP contribution in [-0.4, -0.2) is 34.9 Å². The first-order valence-electron chi connectivity index (χ1n) is 10.5. The molecule has 0 radical (unpaired) electrons. The largest absolute Gasteiger partial charge is 0.345 e. The smallest absolute Gasteiger partial charge is 0.232 e. The predicted molar refractivity (Wildman–Crippen MR) is 117 cm³/mol. The van der Waals surface area contributed by atoms with Gasteiger partial charge in [-0.15, -0.1) is 0 Å². The summed E-state index contributed by atoms with van der Waals surface area (Å²) in [4.78, 5) is 24.3. The van der Waals surface area contributed by atoms with Crippen molar-refractivity contribution in [1.29, 1.82) is 0 Å². The zero-order valence-corrected chi connectivity index (χ0v) is 17.5. The molecule has 7 nitrogen and oxygen atoms in total. The lowest BCUT2D eigenvalue weighted by Crippen LogP contribution is -2.18. The maximum atomic E-state index is 15.2. The zero-order chi connectivity index (χ0) is 24.7. The number of nitrogens with zero attached hydrogens (tertiary/aromatic N) is 2. The Kier molecular flexibility index (Phi) is 5.04. The molecule has 0 aliphatic carbocycles. The molecule has 0 saturated carbocycles. The molecular weight excluding hydrogens is 438 g/mol. The van der Waals surface area contributed by atoms with Gasteiger partial charge in [-0.2, -0.15) is 0 Å². The number of hydrogen-bond donors (Lipinski definition) is 2. The second kappa shape index (κ2) is 8.46. The number of carbonyl (C=O) groups excluding carboxylic acids is 1. The van der Waals surface area contributed by atoms with E-state index in [0.717, 1.165) is 17.7 Å². The summed E-state index contributed by atoms with van der Waals surface area (Å²) >= 11 is 0. The number of anilines is 1. The molecule has 32 heavy (non-hydrogen) atoms. The van der Waals surface area contributed by atoms with Crippen LogP contribution in [0.15, 0.2) is 55.1 Å². The van der Waals surface area contributed by atoms with Crippen LogP contribution in [-0.2, 0) is 10.0 Å². The van der Waals surface area contributed by atoms with E-state index in [0.29, 0.717) is 16.6 Å². The average molecular weight is 458 g/mol. The fraction of sp³-hybridized carbons (Fsp3) is 0.136. The summed E-state index contributed by atoms with van der Waals surface area (Å²) in [5, 5.41) is 0.304. The number of sulfonamides is 1. The van der Waals surface area contributed by atoms with E-state index in [9.17, 15) is 17.6 Å². The number of rotatable bonds is 7. The minimum atomic E-state index is -4.68. The molecule has 0 saturated heterocycles. The Morgan fingerprint density at radius 3 is 2.75 bits per heavy atom. The molecule has 164 valence electrons. The van der Waals surface area contributed by atoms with Crippen molar-refractivity contribution in [3.8, 4) is 11.1 Å². The average Bonchev–Trinajstić information content (AvgIpc) is 3.24. The van der Waals surface area contributed by atoms with E-state index in [1.165, 1.54) is 13.1 Å². The van der Waals surface area contributed by atoms with E-state index in [4.69, 9.17) is 2.74 Å². The molecule has 1 aromatic carbocycles. The summed E-state index contributed by atoms with van der Waals surface area (Å²) in [5.74, 6) is -3.69. The quantitative estimate of drug-likeness (QED) is 0.402. The van der Waals surface area contributed by atoms with Crippen LogP contribution in [0.5, 0.6) is 0 Å². The van der Waals surface area contributed by atoms with Gasteiger partial charge in [0.15, 0.2) is 5.82 Å². The molecule has 3 aromatic heterocycles. The maximum absolute atomic E-state index is 15.2. The summed E-state index contributed by atoms with van der Waals surface area (Å²) in [7, 11) is -4.68. The monoisotopic (exact) mass is 458 g/mol. The highest BCUT2D eigenvalue weighted by molar-refractivity contribution is 7.92. The predicted octanol–water partition coefficient (Wildman–Crippen LogP) is 4.29. The molecule has 3 heterocycles. The second-order valence-corrected chi connectivity index (χ2v) is 8.28. The van der Waals surface area contributed by atoms with Crippen molar-refractivity contribution in [2.24, 2.45) is 0 Å². The molecule has 4 aromatic rings. The minimum absolute atomic E-state index is 0.0741. The highest BCUT2D eigenvalue weighted by atomic mass is 32.2. The van der Waals surface area contributed by atoms with E-state index < -0.39 is 50.8 Å². The Bertz CT molecular complexity index is 1510. The van der Waals surface area contributed by atoms with Gasteiger partial charge < -0.3 is 4.98 Å². The normalized spacial score (nSPS) is 13.0. The van der Waals surface area contributed by atoms with Gasteiger partial charge in [0.25, 0.3) is 0 Å². The first kappa shape index (κ1) is 19.1. The van der Waals surface area contributed by atoms with Gasteiger partial charge in [0.2, 0.25) is 15.8 Å². The minimum Gasteiger partial charge on any atom is -0.345 e. The molecule has 0 amide bonds. The van der Waals surface area contributed by atoms with Gasteiger partial charge in [-0.3, -0.25) is 14.5 Å². The van der Waals surface area contributed by atoms with Crippen molar-refractivity contribution < 1.29 is 24.7 Å². The third-order valence-corrected chi connectivity index (χ3v) is 5.82. The zero-order valence-electron chi connectivity index (χ0n) is 18.7. The molecular formula is C22H18F2N4O3S. The van der Waals surface area contributed by atoms with Crippen molar-refractivity contribution >= 4 is 32.5 Å². The third kappa shape index (κ3) is 4.09. The van der Waals surface area contributed by atoms with Gasteiger partial charge >= 0.3 is 0 Å². The van der Waals surface area contributed by atoms with Crippen LogP contribution >= 0.6 is 0 Å². The first-order chi connectivity index (χ1) is 16.1. The fourth-order valence-corrected chi connectivity index (χ4v) is 4.13. The summed E-state index contributed by atoms with van der Waals surface area (Å²) in [6, 6.07) is 6.67. The number of H-pyrrole nitrogens is 1. The van der Waals surface area contributed by atoms with Gasteiger partial charge in [-0.25, -0.2) is 22.2 Å².